The van der Waals surface area contributed by atoms with Crippen LogP contribution in [0, 0.1) is 0 Å². The van der Waals surface area contributed by atoms with Crippen LogP contribution in [-0.2, 0) is 0 Å². The van der Waals surface area contributed by atoms with E-state index in [1.54, 1.807) is 6.07 Å². The maximum absolute atomic E-state index is 12.0. The molecule has 1 heterocycles. The number of nitrogen functional groups attached to an aromatic ring is 1. The van der Waals surface area contributed by atoms with Gasteiger partial charge in [0.05, 0.1) is 5.69 Å². The molecule has 1 aliphatic carbocycles. The Morgan fingerprint density at radius 2 is 2.29 bits per heavy atom. The Morgan fingerprint density at radius 3 is 2.94 bits per heavy atom. The normalized spacial score (nSPS) is 14.9. The second-order valence-electron chi connectivity index (χ2n) is 4.76. The van der Waals surface area contributed by atoms with Crippen LogP contribution in [-0.4, -0.2) is 17.0 Å². The molecule has 0 spiro atoms. The van der Waals surface area contributed by atoms with Gasteiger partial charge in [-0.05, 0) is 25.3 Å². The molecule has 4 heteroatoms. The van der Waals surface area contributed by atoms with Crippen molar-refractivity contribution in [1.29, 1.82) is 0 Å². The van der Waals surface area contributed by atoms with Crippen LogP contribution in [0.2, 0.25) is 0 Å². The Morgan fingerprint density at radius 1 is 1.53 bits per heavy atom. The first-order chi connectivity index (χ1) is 8.22. The van der Waals surface area contributed by atoms with Gasteiger partial charge in [-0.2, -0.15) is 0 Å². The zero-order valence-corrected chi connectivity index (χ0v) is 10.4. The lowest BCUT2D eigenvalue weighted by Gasteiger charge is -2.08. The Hall–Kier alpha value is -1.45. The lowest BCUT2D eigenvalue weighted by molar-refractivity contribution is 0.0943. The van der Waals surface area contributed by atoms with Gasteiger partial charge in [0, 0.05) is 18.8 Å². The van der Waals surface area contributed by atoms with Crippen molar-refractivity contribution in [2.24, 2.45) is 0 Å². The van der Waals surface area contributed by atoms with Crippen molar-refractivity contribution in [1.82, 2.24) is 9.88 Å². The van der Waals surface area contributed by atoms with Crippen LogP contribution >= 0.6 is 0 Å². The van der Waals surface area contributed by atoms with Gasteiger partial charge in [0.2, 0.25) is 0 Å². The Kier molecular flexibility index (Phi) is 3.71. The lowest BCUT2D eigenvalue weighted by atomic mass is 10.2. The molecule has 0 atom stereocenters. The topological polar surface area (TPSA) is 60.1 Å². The zero-order valence-electron chi connectivity index (χ0n) is 10.4. The van der Waals surface area contributed by atoms with E-state index in [0.717, 1.165) is 32.2 Å². The smallest absolute Gasteiger partial charge is 0.267 e. The molecule has 0 radical (unpaired) electrons. The van der Waals surface area contributed by atoms with Crippen molar-refractivity contribution < 1.29 is 4.79 Å². The number of amides is 1. The SMILES string of the molecule is CCCCCNC(=O)c1cc(N)cn1C1CC1. The van der Waals surface area contributed by atoms with Crippen LogP contribution in [0.5, 0.6) is 0 Å². The minimum atomic E-state index is 0.00435. The Bertz CT molecular complexity index is 393. The molecule has 17 heavy (non-hydrogen) atoms. The van der Waals surface area contributed by atoms with Gasteiger partial charge in [-0.3, -0.25) is 4.79 Å². The first-order valence-corrected chi connectivity index (χ1v) is 6.48. The minimum Gasteiger partial charge on any atom is -0.397 e. The third-order valence-corrected chi connectivity index (χ3v) is 3.11. The number of carbonyl (C=O) groups is 1. The molecule has 1 aromatic rings. The van der Waals surface area contributed by atoms with Gasteiger partial charge in [-0.15, -0.1) is 0 Å². The van der Waals surface area contributed by atoms with Gasteiger partial charge in [0.15, 0.2) is 0 Å². The summed E-state index contributed by atoms with van der Waals surface area (Å²) in [6.45, 7) is 2.91. The van der Waals surface area contributed by atoms with Gasteiger partial charge in [-0.1, -0.05) is 19.8 Å². The molecular formula is C13H21N3O. The molecule has 0 aliphatic heterocycles. The summed E-state index contributed by atoms with van der Waals surface area (Å²) in [6.07, 6.45) is 7.56. The monoisotopic (exact) mass is 235 g/mol. The predicted octanol–water partition coefficient (Wildman–Crippen LogP) is 2.33. The Balaban J connectivity index is 1.93. The summed E-state index contributed by atoms with van der Waals surface area (Å²) in [5, 5.41) is 2.95. The summed E-state index contributed by atoms with van der Waals surface area (Å²) >= 11 is 0. The van der Waals surface area contributed by atoms with Crippen LogP contribution in [0.15, 0.2) is 12.3 Å². The van der Waals surface area contributed by atoms with E-state index in [1.165, 1.54) is 6.42 Å². The minimum absolute atomic E-state index is 0.00435. The molecule has 3 N–H and O–H groups in total. The first kappa shape index (κ1) is 12.0. The average Bonchev–Trinajstić information content (AvgIpc) is 3.08. The summed E-state index contributed by atoms with van der Waals surface area (Å²) in [7, 11) is 0. The third-order valence-electron chi connectivity index (χ3n) is 3.11. The van der Waals surface area contributed by atoms with Crippen LogP contribution in [0.1, 0.15) is 55.6 Å². The highest BCUT2D eigenvalue weighted by Crippen LogP contribution is 2.37. The molecule has 0 saturated heterocycles. The number of hydrogen-bond acceptors (Lipinski definition) is 2. The maximum Gasteiger partial charge on any atom is 0.267 e. The number of nitrogens with two attached hydrogens (primary N) is 1. The van der Waals surface area contributed by atoms with Crippen molar-refractivity contribution in [2.75, 3.05) is 12.3 Å². The molecule has 94 valence electrons. The second kappa shape index (κ2) is 5.25. The number of unbranched alkanes of at least 4 members (excludes halogenated alkanes) is 2. The quantitative estimate of drug-likeness (QED) is 0.743. The maximum atomic E-state index is 12.0. The highest BCUT2D eigenvalue weighted by atomic mass is 16.1. The van der Waals surface area contributed by atoms with E-state index >= 15 is 0 Å². The molecule has 1 aromatic heterocycles. The highest BCUT2D eigenvalue weighted by Gasteiger charge is 2.27. The van der Waals surface area contributed by atoms with Crippen molar-refractivity contribution >= 4 is 11.6 Å². The van der Waals surface area contributed by atoms with Crippen LogP contribution in [0.3, 0.4) is 0 Å². The number of nitrogens with zero attached hydrogens (tertiary/aromatic N) is 1. The summed E-state index contributed by atoms with van der Waals surface area (Å²) in [5.74, 6) is 0.00435. The summed E-state index contributed by atoms with van der Waals surface area (Å²) in [6, 6.07) is 2.26. The van der Waals surface area contributed by atoms with E-state index in [0.29, 0.717) is 17.4 Å². The van der Waals surface area contributed by atoms with Gasteiger partial charge in [0.1, 0.15) is 5.69 Å². The summed E-state index contributed by atoms with van der Waals surface area (Å²) < 4.78 is 2.02. The standard InChI is InChI=1S/C13H21N3O/c1-2-3-4-7-15-13(17)12-8-10(14)9-16(12)11-5-6-11/h8-9,11H,2-7,14H2,1H3,(H,15,17). The zero-order chi connectivity index (χ0) is 12.3. The molecule has 1 saturated carbocycles. The van der Waals surface area contributed by atoms with E-state index in [4.69, 9.17) is 5.73 Å². The molecule has 0 unspecified atom stereocenters. The summed E-state index contributed by atoms with van der Waals surface area (Å²) in [4.78, 5) is 12.0. The van der Waals surface area contributed by atoms with Gasteiger partial charge < -0.3 is 15.6 Å². The number of anilines is 1. The third kappa shape index (κ3) is 3.02. The molecule has 0 bridgehead atoms. The van der Waals surface area contributed by atoms with E-state index < -0.39 is 0 Å². The molecular weight excluding hydrogens is 214 g/mol. The fourth-order valence-corrected chi connectivity index (χ4v) is 2.00. The number of rotatable bonds is 6. The first-order valence-electron chi connectivity index (χ1n) is 6.48. The molecule has 1 aliphatic rings. The van der Waals surface area contributed by atoms with Crippen LogP contribution in [0.25, 0.3) is 0 Å². The molecule has 1 fully saturated rings. The molecule has 2 rings (SSSR count). The van der Waals surface area contributed by atoms with E-state index in [-0.39, 0.29) is 5.91 Å². The molecule has 4 nitrogen and oxygen atoms in total. The number of nitrogens with one attached hydrogen (secondary N) is 1. The molecule has 0 aromatic carbocycles. The van der Waals surface area contributed by atoms with Crippen LogP contribution < -0.4 is 11.1 Å². The van der Waals surface area contributed by atoms with Crippen molar-refractivity contribution in [3.8, 4) is 0 Å². The highest BCUT2D eigenvalue weighted by molar-refractivity contribution is 5.93. The number of hydrogen-bond donors (Lipinski definition) is 2. The fraction of sp³-hybridized carbons (Fsp3) is 0.615. The fourth-order valence-electron chi connectivity index (χ4n) is 2.00. The van der Waals surface area contributed by atoms with Crippen LogP contribution in [0.4, 0.5) is 5.69 Å². The lowest BCUT2D eigenvalue weighted by Crippen LogP contribution is -2.26. The average molecular weight is 235 g/mol. The van der Waals surface area contributed by atoms with E-state index in [9.17, 15) is 4.79 Å². The number of aromatic nitrogens is 1. The summed E-state index contributed by atoms with van der Waals surface area (Å²) in [5.41, 5.74) is 7.14. The molecule has 1 amide bonds. The van der Waals surface area contributed by atoms with E-state index in [1.807, 2.05) is 10.8 Å². The van der Waals surface area contributed by atoms with E-state index in [2.05, 4.69) is 12.2 Å². The number of carbonyl (C=O) groups excluding carboxylic acids is 1. The second-order valence-corrected chi connectivity index (χ2v) is 4.76. The van der Waals surface area contributed by atoms with Crippen molar-refractivity contribution in [2.45, 2.75) is 45.1 Å². The van der Waals surface area contributed by atoms with Gasteiger partial charge >= 0.3 is 0 Å². The predicted molar refractivity (Wildman–Crippen MR) is 69.0 cm³/mol. The van der Waals surface area contributed by atoms with Gasteiger partial charge in [0.25, 0.3) is 5.91 Å². The van der Waals surface area contributed by atoms with Crippen molar-refractivity contribution in [3.63, 3.8) is 0 Å². The van der Waals surface area contributed by atoms with Crippen molar-refractivity contribution in [3.05, 3.63) is 18.0 Å². The largest absolute Gasteiger partial charge is 0.397 e. The Labute approximate surface area is 102 Å². The van der Waals surface area contributed by atoms with Gasteiger partial charge in [-0.25, -0.2) is 0 Å².